The predicted molar refractivity (Wildman–Crippen MR) is 57.3 cm³/mol. The van der Waals surface area contributed by atoms with Gasteiger partial charge in [0.2, 0.25) is 0 Å². The van der Waals surface area contributed by atoms with E-state index < -0.39 is 0 Å². The van der Waals surface area contributed by atoms with Gasteiger partial charge < -0.3 is 5.21 Å². The molecule has 0 heterocycles. The van der Waals surface area contributed by atoms with Crippen LogP contribution in [-0.4, -0.2) is 11.4 Å². The van der Waals surface area contributed by atoms with Crippen molar-refractivity contribution in [2.24, 2.45) is 16.5 Å². The monoisotopic (exact) mass is 183 g/mol. The Labute approximate surface area is 81.3 Å². The Hall–Kier alpha value is -0.790. The fourth-order valence-electron chi connectivity index (χ4n) is 1.25. The van der Waals surface area contributed by atoms with E-state index in [0.29, 0.717) is 11.3 Å². The lowest BCUT2D eigenvalue weighted by Gasteiger charge is -2.29. The highest BCUT2D eigenvalue weighted by atomic mass is 16.4. The number of nitrogens with zero attached hydrogens (tertiary/aromatic N) is 1. The van der Waals surface area contributed by atoms with E-state index in [1.54, 1.807) is 6.21 Å². The molecule has 0 bridgehead atoms. The van der Waals surface area contributed by atoms with Gasteiger partial charge in [0.25, 0.3) is 0 Å². The van der Waals surface area contributed by atoms with Crippen molar-refractivity contribution in [3.63, 3.8) is 0 Å². The van der Waals surface area contributed by atoms with E-state index >= 15 is 0 Å². The number of unbranched alkanes of at least 4 members (excludes halogenated alkanes) is 1. The van der Waals surface area contributed by atoms with E-state index in [1.807, 2.05) is 6.08 Å². The Balaban J connectivity index is 3.81. The lowest BCUT2D eigenvalue weighted by molar-refractivity contribution is 0.249. The second-order valence-corrected chi connectivity index (χ2v) is 4.20. The predicted octanol–water partition coefficient (Wildman–Crippen LogP) is 3.47. The lowest BCUT2D eigenvalue weighted by Crippen LogP contribution is -2.19. The van der Waals surface area contributed by atoms with Gasteiger partial charge in [-0.25, -0.2) is 0 Å². The van der Waals surface area contributed by atoms with Crippen LogP contribution in [0, 0.1) is 11.3 Å². The molecule has 1 atom stereocenters. The SMILES string of the molecule is C=CC(C)C(C)(C)CCCC=NO. The van der Waals surface area contributed by atoms with Crippen LogP contribution in [-0.2, 0) is 0 Å². The van der Waals surface area contributed by atoms with Crippen LogP contribution in [0.1, 0.15) is 40.0 Å². The molecule has 0 fully saturated rings. The number of hydrogen-bond donors (Lipinski definition) is 1. The van der Waals surface area contributed by atoms with Crippen LogP contribution >= 0.6 is 0 Å². The van der Waals surface area contributed by atoms with Crippen LogP contribution in [0.3, 0.4) is 0 Å². The quantitative estimate of drug-likeness (QED) is 0.221. The molecule has 0 aromatic carbocycles. The molecule has 0 aliphatic heterocycles. The summed E-state index contributed by atoms with van der Waals surface area (Å²) >= 11 is 0. The minimum atomic E-state index is 0.297. The van der Waals surface area contributed by atoms with Crippen molar-refractivity contribution in [1.82, 2.24) is 0 Å². The molecule has 0 aliphatic rings. The van der Waals surface area contributed by atoms with Crippen molar-refractivity contribution in [2.45, 2.75) is 40.0 Å². The van der Waals surface area contributed by atoms with Gasteiger partial charge in [-0.05, 0) is 30.6 Å². The molecule has 0 aliphatic carbocycles. The zero-order valence-electron chi connectivity index (χ0n) is 8.95. The van der Waals surface area contributed by atoms with E-state index in [9.17, 15) is 0 Å². The van der Waals surface area contributed by atoms with E-state index in [1.165, 1.54) is 0 Å². The van der Waals surface area contributed by atoms with Crippen LogP contribution in [0.15, 0.2) is 17.8 Å². The molecule has 0 saturated heterocycles. The Morgan fingerprint density at radius 1 is 1.54 bits per heavy atom. The molecule has 0 radical (unpaired) electrons. The minimum absolute atomic E-state index is 0.297. The van der Waals surface area contributed by atoms with Gasteiger partial charge in [0.1, 0.15) is 0 Å². The second kappa shape index (κ2) is 5.79. The summed E-state index contributed by atoms with van der Waals surface area (Å²) in [5.41, 5.74) is 0.297. The molecule has 2 nitrogen and oxygen atoms in total. The Kier molecular flexibility index (Phi) is 5.44. The summed E-state index contributed by atoms with van der Waals surface area (Å²) in [6, 6.07) is 0. The molecule has 0 spiro atoms. The molecule has 0 aromatic rings. The zero-order chi connectivity index (χ0) is 10.3. The molecule has 0 rings (SSSR count). The molecular formula is C11H21NO. The van der Waals surface area contributed by atoms with Crippen molar-refractivity contribution in [3.8, 4) is 0 Å². The summed E-state index contributed by atoms with van der Waals surface area (Å²) in [5, 5.41) is 11.2. The molecule has 13 heavy (non-hydrogen) atoms. The van der Waals surface area contributed by atoms with Gasteiger partial charge in [0, 0.05) is 6.21 Å². The molecule has 1 N–H and O–H groups in total. The smallest absolute Gasteiger partial charge is 0.0435 e. The highest BCUT2D eigenvalue weighted by Crippen LogP contribution is 2.32. The first-order valence-corrected chi connectivity index (χ1v) is 4.83. The summed E-state index contributed by atoms with van der Waals surface area (Å²) in [5.74, 6) is 0.526. The Morgan fingerprint density at radius 2 is 2.15 bits per heavy atom. The maximum atomic E-state index is 8.20. The summed E-state index contributed by atoms with van der Waals surface area (Å²) in [7, 11) is 0. The van der Waals surface area contributed by atoms with Crippen LogP contribution in [0.25, 0.3) is 0 Å². The Morgan fingerprint density at radius 3 is 2.62 bits per heavy atom. The summed E-state index contributed by atoms with van der Waals surface area (Å²) in [6.45, 7) is 10.5. The molecule has 0 amide bonds. The van der Waals surface area contributed by atoms with Gasteiger partial charge in [-0.1, -0.05) is 26.8 Å². The maximum absolute atomic E-state index is 8.20. The average molecular weight is 183 g/mol. The second-order valence-electron chi connectivity index (χ2n) is 4.20. The fraction of sp³-hybridized carbons (Fsp3) is 0.727. The fourth-order valence-corrected chi connectivity index (χ4v) is 1.25. The number of rotatable bonds is 6. The molecule has 2 heteroatoms. The third-order valence-corrected chi connectivity index (χ3v) is 2.82. The van der Waals surface area contributed by atoms with E-state index in [2.05, 4.69) is 32.5 Å². The number of allylic oxidation sites excluding steroid dienone is 1. The van der Waals surface area contributed by atoms with Crippen LogP contribution in [0.2, 0.25) is 0 Å². The van der Waals surface area contributed by atoms with Gasteiger partial charge in [-0.2, -0.15) is 0 Å². The third-order valence-electron chi connectivity index (χ3n) is 2.82. The Bertz CT molecular complexity index is 173. The van der Waals surface area contributed by atoms with Gasteiger partial charge in [0.05, 0.1) is 0 Å². The first kappa shape index (κ1) is 12.2. The van der Waals surface area contributed by atoms with Gasteiger partial charge in [-0.3, -0.25) is 0 Å². The van der Waals surface area contributed by atoms with Crippen molar-refractivity contribution < 1.29 is 5.21 Å². The highest BCUT2D eigenvalue weighted by Gasteiger charge is 2.22. The van der Waals surface area contributed by atoms with Crippen LogP contribution in [0.5, 0.6) is 0 Å². The average Bonchev–Trinajstić information content (AvgIpc) is 2.11. The first-order valence-electron chi connectivity index (χ1n) is 4.83. The van der Waals surface area contributed by atoms with Crippen LogP contribution in [0.4, 0.5) is 0 Å². The van der Waals surface area contributed by atoms with Gasteiger partial charge in [-0.15, -0.1) is 11.7 Å². The summed E-state index contributed by atoms with van der Waals surface area (Å²) in [6.07, 6.45) is 6.60. The number of oxime groups is 1. The molecular weight excluding hydrogens is 162 g/mol. The standard InChI is InChI=1S/C11H21NO/c1-5-10(2)11(3,4)8-6-7-9-12-13/h5,9-10,13H,1,6-8H2,2-4H3. The van der Waals surface area contributed by atoms with Gasteiger partial charge in [0.15, 0.2) is 0 Å². The molecule has 0 saturated carbocycles. The normalized spacial score (nSPS) is 14.7. The van der Waals surface area contributed by atoms with Gasteiger partial charge >= 0.3 is 0 Å². The summed E-state index contributed by atoms with van der Waals surface area (Å²) < 4.78 is 0. The largest absolute Gasteiger partial charge is 0.411 e. The van der Waals surface area contributed by atoms with Crippen molar-refractivity contribution in [3.05, 3.63) is 12.7 Å². The zero-order valence-corrected chi connectivity index (χ0v) is 8.95. The molecule has 76 valence electrons. The van der Waals surface area contributed by atoms with E-state index in [4.69, 9.17) is 5.21 Å². The number of hydrogen-bond acceptors (Lipinski definition) is 2. The van der Waals surface area contributed by atoms with Crippen LogP contribution < -0.4 is 0 Å². The minimum Gasteiger partial charge on any atom is -0.411 e. The van der Waals surface area contributed by atoms with E-state index in [0.717, 1.165) is 19.3 Å². The van der Waals surface area contributed by atoms with E-state index in [-0.39, 0.29) is 0 Å². The lowest BCUT2D eigenvalue weighted by atomic mass is 9.76. The highest BCUT2D eigenvalue weighted by molar-refractivity contribution is 5.55. The van der Waals surface area contributed by atoms with Crippen molar-refractivity contribution >= 4 is 6.21 Å². The van der Waals surface area contributed by atoms with Crippen molar-refractivity contribution in [2.75, 3.05) is 0 Å². The molecule has 0 aromatic heterocycles. The molecule has 1 unspecified atom stereocenters. The van der Waals surface area contributed by atoms with Crippen molar-refractivity contribution in [1.29, 1.82) is 0 Å². The topological polar surface area (TPSA) is 32.6 Å². The first-order chi connectivity index (χ1) is 6.04. The third kappa shape index (κ3) is 4.71. The summed E-state index contributed by atoms with van der Waals surface area (Å²) in [4.78, 5) is 0. The maximum Gasteiger partial charge on any atom is 0.0435 e.